The van der Waals surface area contributed by atoms with Crippen molar-refractivity contribution in [3.63, 3.8) is 0 Å². The largest absolute Gasteiger partial charge is 0.492 e. The number of hydrogen-bond donors (Lipinski definition) is 0. The average Bonchev–Trinajstić information content (AvgIpc) is 3.58. The first kappa shape index (κ1) is 20.4. The predicted molar refractivity (Wildman–Crippen MR) is 117 cm³/mol. The van der Waals surface area contributed by atoms with Gasteiger partial charge in [0.15, 0.2) is 0 Å². The third kappa shape index (κ3) is 4.65. The quantitative estimate of drug-likeness (QED) is 0.549. The fourth-order valence-corrected chi connectivity index (χ4v) is 3.57. The second-order valence-electron chi connectivity index (χ2n) is 7.57. The first-order valence-electron chi connectivity index (χ1n) is 10.2. The highest BCUT2D eigenvalue weighted by atomic mass is 35.5. The normalized spacial score (nSPS) is 13.4. The van der Waals surface area contributed by atoms with Crippen LogP contribution >= 0.6 is 11.6 Å². The van der Waals surface area contributed by atoms with E-state index < -0.39 is 0 Å². The third-order valence-electron chi connectivity index (χ3n) is 5.29. The molecule has 7 heteroatoms. The standard InChI is InChI=1S/C23H24ClN3O3/c1-26(14-15-30-18-10-6-16(24)7-11-18)22(28)13-12-21-25-20-5-3-2-4-19(20)23(29)27(21)17-8-9-17/h2-7,10-11,17H,8-9,12-15H2,1H3. The SMILES string of the molecule is CN(CCOc1ccc(Cl)cc1)C(=O)CCc1nc2ccccc2c(=O)n1C1CC1. The van der Waals surface area contributed by atoms with Gasteiger partial charge in [-0.15, -0.1) is 0 Å². The van der Waals surface area contributed by atoms with Gasteiger partial charge in [-0.25, -0.2) is 4.98 Å². The van der Waals surface area contributed by atoms with Crippen LogP contribution in [0.1, 0.15) is 31.1 Å². The summed E-state index contributed by atoms with van der Waals surface area (Å²) in [6.07, 6.45) is 2.72. The second kappa shape index (κ2) is 8.88. The highest BCUT2D eigenvalue weighted by Gasteiger charge is 2.28. The molecule has 2 aromatic carbocycles. The summed E-state index contributed by atoms with van der Waals surface area (Å²) in [6, 6.07) is 14.7. The Labute approximate surface area is 180 Å². The van der Waals surface area contributed by atoms with Crippen molar-refractivity contribution in [3.05, 3.63) is 69.7 Å². The van der Waals surface area contributed by atoms with Crippen molar-refractivity contribution < 1.29 is 9.53 Å². The first-order chi connectivity index (χ1) is 14.5. The van der Waals surface area contributed by atoms with E-state index in [1.54, 1.807) is 40.8 Å². The van der Waals surface area contributed by atoms with Crippen LogP contribution in [0.5, 0.6) is 5.75 Å². The molecule has 1 saturated carbocycles. The van der Waals surface area contributed by atoms with Crippen molar-refractivity contribution in [2.75, 3.05) is 20.2 Å². The number of carbonyl (C=O) groups excluding carboxylic acids is 1. The van der Waals surface area contributed by atoms with Gasteiger partial charge >= 0.3 is 0 Å². The van der Waals surface area contributed by atoms with Gasteiger partial charge in [-0.05, 0) is 49.2 Å². The van der Waals surface area contributed by atoms with Gasteiger partial charge in [0.25, 0.3) is 5.56 Å². The molecule has 0 aliphatic heterocycles. The molecule has 1 amide bonds. The van der Waals surface area contributed by atoms with Crippen LogP contribution in [0.3, 0.4) is 0 Å². The number of nitrogens with zero attached hydrogens (tertiary/aromatic N) is 3. The fourth-order valence-electron chi connectivity index (χ4n) is 3.44. The smallest absolute Gasteiger partial charge is 0.261 e. The van der Waals surface area contributed by atoms with E-state index in [-0.39, 0.29) is 17.5 Å². The molecule has 1 fully saturated rings. The lowest BCUT2D eigenvalue weighted by atomic mass is 10.2. The molecule has 30 heavy (non-hydrogen) atoms. The van der Waals surface area contributed by atoms with Gasteiger partial charge in [-0.3, -0.25) is 14.2 Å². The van der Waals surface area contributed by atoms with E-state index in [0.29, 0.717) is 53.5 Å². The van der Waals surface area contributed by atoms with Crippen molar-refractivity contribution in [1.82, 2.24) is 14.5 Å². The Bertz CT molecular complexity index is 1110. The number of benzene rings is 2. The summed E-state index contributed by atoms with van der Waals surface area (Å²) in [5, 5.41) is 1.29. The van der Waals surface area contributed by atoms with E-state index in [4.69, 9.17) is 21.3 Å². The molecule has 0 N–H and O–H groups in total. The van der Waals surface area contributed by atoms with Gasteiger partial charge in [0, 0.05) is 31.0 Å². The minimum Gasteiger partial charge on any atom is -0.492 e. The zero-order valence-corrected chi connectivity index (χ0v) is 17.6. The van der Waals surface area contributed by atoms with Gasteiger partial charge in [-0.2, -0.15) is 0 Å². The van der Waals surface area contributed by atoms with Crippen LogP contribution in [0.15, 0.2) is 53.3 Å². The molecular weight excluding hydrogens is 402 g/mol. The zero-order chi connectivity index (χ0) is 21.1. The fraction of sp³-hybridized carbons (Fsp3) is 0.348. The monoisotopic (exact) mass is 425 g/mol. The van der Waals surface area contributed by atoms with Crippen LogP contribution in [0.4, 0.5) is 0 Å². The third-order valence-corrected chi connectivity index (χ3v) is 5.54. The van der Waals surface area contributed by atoms with Crippen LogP contribution in [0.2, 0.25) is 5.02 Å². The van der Waals surface area contributed by atoms with Crippen molar-refractivity contribution in [3.8, 4) is 5.75 Å². The van der Waals surface area contributed by atoms with E-state index in [9.17, 15) is 9.59 Å². The lowest BCUT2D eigenvalue weighted by Crippen LogP contribution is -2.32. The Kier molecular flexibility index (Phi) is 6.04. The van der Waals surface area contributed by atoms with Gasteiger partial charge < -0.3 is 9.64 Å². The number of aromatic nitrogens is 2. The summed E-state index contributed by atoms with van der Waals surface area (Å²) in [5.41, 5.74) is 0.682. The van der Waals surface area contributed by atoms with Gasteiger partial charge in [-0.1, -0.05) is 23.7 Å². The Morgan fingerprint density at radius 3 is 2.67 bits per heavy atom. The van der Waals surface area contributed by atoms with Crippen LogP contribution in [0.25, 0.3) is 10.9 Å². The van der Waals surface area contributed by atoms with Crippen molar-refractivity contribution in [1.29, 1.82) is 0 Å². The van der Waals surface area contributed by atoms with E-state index in [2.05, 4.69) is 0 Å². The summed E-state index contributed by atoms with van der Waals surface area (Å²) in [5.74, 6) is 1.41. The minimum atomic E-state index is -0.00438. The minimum absolute atomic E-state index is 0.000499. The molecule has 1 aliphatic rings. The van der Waals surface area contributed by atoms with Crippen LogP contribution < -0.4 is 10.3 Å². The second-order valence-corrected chi connectivity index (χ2v) is 8.01. The Hall–Kier alpha value is -2.86. The highest BCUT2D eigenvalue weighted by molar-refractivity contribution is 6.30. The van der Waals surface area contributed by atoms with Gasteiger partial charge in [0.2, 0.25) is 5.91 Å². The molecule has 0 saturated heterocycles. The molecule has 6 nitrogen and oxygen atoms in total. The van der Waals surface area contributed by atoms with Gasteiger partial charge in [0.05, 0.1) is 17.4 Å². The number of carbonyl (C=O) groups is 1. The van der Waals surface area contributed by atoms with Crippen molar-refractivity contribution in [2.24, 2.45) is 0 Å². The number of likely N-dealkylation sites (N-methyl/N-ethyl adjacent to an activating group) is 1. The number of amides is 1. The number of fused-ring (bicyclic) bond motifs is 1. The maximum atomic E-state index is 12.9. The Balaban J connectivity index is 1.37. The summed E-state index contributed by atoms with van der Waals surface area (Å²) in [7, 11) is 1.76. The molecule has 0 spiro atoms. The summed E-state index contributed by atoms with van der Waals surface area (Å²) < 4.78 is 7.45. The Morgan fingerprint density at radius 2 is 1.93 bits per heavy atom. The topological polar surface area (TPSA) is 64.4 Å². The van der Waals surface area contributed by atoms with Crippen LogP contribution in [-0.4, -0.2) is 40.6 Å². The molecule has 0 atom stereocenters. The molecule has 0 bridgehead atoms. The molecule has 0 unspecified atom stereocenters. The van der Waals surface area contributed by atoms with Crippen molar-refractivity contribution >= 4 is 28.4 Å². The highest BCUT2D eigenvalue weighted by Crippen LogP contribution is 2.34. The van der Waals surface area contributed by atoms with E-state index in [1.165, 1.54) is 0 Å². The summed E-state index contributed by atoms with van der Waals surface area (Å²) in [4.78, 5) is 31.8. The molecule has 4 rings (SSSR count). The number of para-hydroxylation sites is 1. The van der Waals surface area contributed by atoms with Crippen LogP contribution in [-0.2, 0) is 11.2 Å². The molecule has 0 radical (unpaired) electrons. The van der Waals surface area contributed by atoms with E-state index in [1.807, 2.05) is 24.3 Å². The van der Waals surface area contributed by atoms with Crippen LogP contribution in [0, 0.1) is 0 Å². The first-order valence-corrected chi connectivity index (χ1v) is 10.5. The lowest BCUT2D eigenvalue weighted by molar-refractivity contribution is -0.130. The molecule has 1 aromatic heterocycles. The van der Waals surface area contributed by atoms with E-state index in [0.717, 1.165) is 12.8 Å². The molecule has 1 aliphatic carbocycles. The number of rotatable bonds is 8. The van der Waals surface area contributed by atoms with Crippen molar-refractivity contribution in [2.45, 2.75) is 31.7 Å². The Morgan fingerprint density at radius 1 is 1.20 bits per heavy atom. The number of aryl methyl sites for hydroxylation is 1. The summed E-state index contributed by atoms with van der Waals surface area (Å²) in [6.45, 7) is 0.868. The lowest BCUT2D eigenvalue weighted by Gasteiger charge is -2.18. The zero-order valence-electron chi connectivity index (χ0n) is 16.9. The number of halogens is 1. The number of hydrogen-bond acceptors (Lipinski definition) is 4. The summed E-state index contributed by atoms with van der Waals surface area (Å²) >= 11 is 5.86. The molecule has 1 heterocycles. The number of ether oxygens (including phenoxy) is 1. The average molecular weight is 426 g/mol. The predicted octanol–water partition coefficient (Wildman–Crippen LogP) is 3.85. The maximum absolute atomic E-state index is 12.9. The van der Waals surface area contributed by atoms with Gasteiger partial charge in [0.1, 0.15) is 18.2 Å². The molecule has 3 aromatic rings. The molecular formula is C23H24ClN3O3. The molecule has 156 valence electrons. The maximum Gasteiger partial charge on any atom is 0.261 e. The van der Waals surface area contributed by atoms with E-state index >= 15 is 0 Å².